The molecule has 29 heavy (non-hydrogen) atoms. The zero-order valence-electron chi connectivity index (χ0n) is 16.0. The van der Waals surface area contributed by atoms with Crippen LogP contribution < -0.4 is 5.69 Å². The molecule has 3 aromatic rings. The number of aromatic nitrogens is 3. The number of aromatic hydroxyl groups is 1. The molecular weight excluding hydrogens is 370 g/mol. The number of pyridine rings is 1. The van der Waals surface area contributed by atoms with Gasteiger partial charge in [0.15, 0.2) is 0 Å². The molecule has 5 rings (SSSR count). The second-order valence-corrected chi connectivity index (χ2v) is 7.90. The summed E-state index contributed by atoms with van der Waals surface area (Å²) in [6.07, 6.45) is 2.08. The maximum atomic E-state index is 13.3. The molecule has 0 spiro atoms. The first kappa shape index (κ1) is 17.5. The van der Waals surface area contributed by atoms with E-state index in [-0.39, 0.29) is 41.2 Å². The van der Waals surface area contributed by atoms with Crippen molar-refractivity contribution in [2.24, 2.45) is 5.92 Å². The number of hydrogen-bond donors (Lipinski definition) is 1. The largest absolute Gasteiger partial charge is 0.493 e. The van der Waals surface area contributed by atoms with Gasteiger partial charge in [0.25, 0.3) is 0 Å². The number of carbonyl (C=O) groups is 1. The highest BCUT2D eigenvalue weighted by Gasteiger charge is 2.49. The van der Waals surface area contributed by atoms with E-state index in [4.69, 9.17) is 0 Å². The minimum Gasteiger partial charge on any atom is -0.493 e. The van der Waals surface area contributed by atoms with Crippen molar-refractivity contribution in [3.63, 3.8) is 0 Å². The van der Waals surface area contributed by atoms with E-state index in [2.05, 4.69) is 11.1 Å². The normalized spacial score (nSPS) is 19.7. The molecule has 0 saturated carbocycles. The molecule has 0 radical (unpaired) electrons. The Hall–Kier alpha value is -3.60. The number of hydrogen-bond acceptors (Lipinski definition) is 5. The third-order valence-corrected chi connectivity index (χ3v) is 5.96. The predicted molar refractivity (Wildman–Crippen MR) is 105 cm³/mol. The summed E-state index contributed by atoms with van der Waals surface area (Å²) in [6, 6.07) is 8.78. The smallest absolute Gasteiger partial charge is 0.336 e. The molecule has 146 valence electrons. The van der Waals surface area contributed by atoms with Crippen LogP contribution >= 0.6 is 0 Å². The van der Waals surface area contributed by atoms with Gasteiger partial charge in [-0.05, 0) is 6.42 Å². The summed E-state index contributed by atoms with van der Waals surface area (Å²) in [5, 5.41) is 21.6. The quantitative estimate of drug-likeness (QED) is 0.724. The molecule has 2 atom stereocenters. The Labute approximate surface area is 166 Å². The van der Waals surface area contributed by atoms with Crippen molar-refractivity contribution >= 4 is 16.7 Å². The topological polar surface area (TPSA) is 104 Å². The Kier molecular flexibility index (Phi) is 3.59. The van der Waals surface area contributed by atoms with Crippen molar-refractivity contribution < 1.29 is 9.90 Å². The molecule has 1 amide bonds. The van der Waals surface area contributed by atoms with Gasteiger partial charge in [0.2, 0.25) is 11.8 Å². The van der Waals surface area contributed by atoms with Crippen molar-refractivity contribution in [2.75, 3.05) is 6.54 Å². The summed E-state index contributed by atoms with van der Waals surface area (Å²) < 4.78 is 2.85. The predicted octanol–water partition coefficient (Wildman–Crippen LogP) is 2.25. The van der Waals surface area contributed by atoms with Gasteiger partial charge in [-0.15, -0.1) is 0 Å². The van der Waals surface area contributed by atoms with Crippen molar-refractivity contribution in [2.45, 2.75) is 32.4 Å². The number of nitrogens with zero attached hydrogens (tertiary/aromatic N) is 5. The van der Waals surface area contributed by atoms with E-state index in [1.807, 2.05) is 19.9 Å². The molecule has 2 unspecified atom stereocenters. The highest BCUT2D eigenvalue weighted by molar-refractivity contribution is 5.93. The van der Waals surface area contributed by atoms with Crippen LogP contribution in [0, 0.1) is 17.2 Å². The lowest BCUT2D eigenvalue weighted by atomic mass is 10.1. The number of benzene rings is 1. The first-order chi connectivity index (χ1) is 13.9. The minimum atomic E-state index is -0.349. The Morgan fingerprint density at radius 1 is 1.31 bits per heavy atom. The third-order valence-electron chi connectivity index (χ3n) is 5.96. The van der Waals surface area contributed by atoms with Crippen LogP contribution in [0.4, 0.5) is 0 Å². The van der Waals surface area contributed by atoms with Crippen molar-refractivity contribution in [3.05, 3.63) is 52.3 Å². The van der Waals surface area contributed by atoms with Crippen molar-refractivity contribution in [1.82, 2.24) is 19.0 Å². The molecule has 8 heteroatoms. The van der Waals surface area contributed by atoms with E-state index in [9.17, 15) is 20.0 Å². The van der Waals surface area contributed by atoms with Crippen LogP contribution in [0.15, 0.2) is 35.3 Å². The van der Waals surface area contributed by atoms with Gasteiger partial charge in [0, 0.05) is 23.2 Å². The van der Waals surface area contributed by atoms with Gasteiger partial charge in [-0.2, -0.15) is 5.26 Å². The summed E-state index contributed by atoms with van der Waals surface area (Å²) in [6.45, 7) is 4.17. The first-order valence-electron chi connectivity index (χ1n) is 9.58. The van der Waals surface area contributed by atoms with Crippen LogP contribution in [0.1, 0.15) is 43.7 Å². The van der Waals surface area contributed by atoms with Crippen molar-refractivity contribution in [3.8, 4) is 17.6 Å². The van der Waals surface area contributed by atoms with Crippen LogP contribution in [0.2, 0.25) is 0 Å². The fourth-order valence-electron chi connectivity index (χ4n) is 4.68. The van der Waals surface area contributed by atoms with Gasteiger partial charge in [-0.25, -0.2) is 14.3 Å². The Bertz CT molecular complexity index is 1280. The molecular formula is C21H19N5O3. The molecule has 2 aliphatic heterocycles. The lowest BCUT2D eigenvalue weighted by Gasteiger charge is -2.29. The van der Waals surface area contributed by atoms with E-state index >= 15 is 0 Å². The molecule has 1 N–H and O–H groups in total. The van der Waals surface area contributed by atoms with E-state index in [1.165, 1.54) is 10.8 Å². The monoisotopic (exact) mass is 389 g/mol. The summed E-state index contributed by atoms with van der Waals surface area (Å²) in [4.78, 5) is 31.8. The Balaban J connectivity index is 1.72. The number of amides is 1. The number of rotatable bonds is 2. The fourth-order valence-corrected chi connectivity index (χ4v) is 4.68. The molecule has 1 aromatic carbocycles. The van der Waals surface area contributed by atoms with Gasteiger partial charge in [-0.3, -0.25) is 9.36 Å². The number of likely N-dealkylation sites (tertiary alicyclic amines) is 1. The maximum Gasteiger partial charge on any atom is 0.336 e. The Morgan fingerprint density at radius 2 is 2.03 bits per heavy atom. The van der Waals surface area contributed by atoms with Crippen LogP contribution in [-0.2, 0) is 4.79 Å². The highest BCUT2D eigenvalue weighted by atomic mass is 16.3. The lowest BCUT2D eigenvalue weighted by molar-refractivity contribution is -0.136. The average Bonchev–Trinajstić information content (AvgIpc) is 3.38. The maximum absolute atomic E-state index is 13.3. The molecule has 0 aliphatic carbocycles. The number of nitriles is 1. The minimum absolute atomic E-state index is 0.0221. The summed E-state index contributed by atoms with van der Waals surface area (Å²) >= 11 is 0. The SMILES string of the molecule is CC(C)C(=O)N1CC2CC1c1c(O)n(-c3cnc(C#N)c4ccccc34)c(=O)n12. The van der Waals surface area contributed by atoms with E-state index in [0.29, 0.717) is 35.1 Å². The molecule has 8 nitrogen and oxygen atoms in total. The highest BCUT2D eigenvalue weighted by Crippen LogP contribution is 2.49. The van der Waals surface area contributed by atoms with Gasteiger partial charge >= 0.3 is 5.69 Å². The molecule has 2 bridgehead atoms. The number of carbonyl (C=O) groups excluding carboxylic acids is 1. The number of imidazole rings is 1. The molecule has 1 saturated heterocycles. The van der Waals surface area contributed by atoms with E-state index in [1.54, 1.807) is 27.7 Å². The van der Waals surface area contributed by atoms with Crippen LogP contribution in [0.5, 0.6) is 5.88 Å². The second-order valence-electron chi connectivity index (χ2n) is 7.90. The van der Waals surface area contributed by atoms with Gasteiger partial charge in [0.05, 0.1) is 24.0 Å². The molecule has 2 aliphatic rings. The first-order valence-corrected chi connectivity index (χ1v) is 9.58. The lowest BCUT2D eigenvalue weighted by Crippen LogP contribution is -2.39. The van der Waals surface area contributed by atoms with Crippen LogP contribution in [0.25, 0.3) is 16.5 Å². The van der Waals surface area contributed by atoms with Gasteiger partial charge in [-0.1, -0.05) is 38.1 Å². The van der Waals surface area contributed by atoms with Gasteiger partial charge < -0.3 is 10.0 Å². The van der Waals surface area contributed by atoms with Crippen LogP contribution in [-0.4, -0.2) is 36.6 Å². The van der Waals surface area contributed by atoms with Crippen molar-refractivity contribution in [1.29, 1.82) is 5.26 Å². The van der Waals surface area contributed by atoms with E-state index in [0.717, 1.165) is 0 Å². The standard InChI is InChI=1S/C21H19N5O3/c1-11(2)19(27)24-10-12-7-16(24)18-20(28)26(21(29)25(12)18)17-9-23-15(8-22)13-5-3-4-6-14(13)17/h3-6,9,11-12,16,28H,7,10H2,1-2H3. The average molecular weight is 389 g/mol. The third kappa shape index (κ3) is 2.21. The number of fused-ring (bicyclic) bond motifs is 6. The summed E-state index contributed by atoms with van der Waals surface area (Å²) in [5.41, 5.74) is 0.814. The van der Waals surface area contributed by atoms with E-state index < -0.39 is 0 Å². The zero-order chi connectivity index (χ0) is 20.4. The van der Waals surface area contributed by atoms with Crippen LogP contribution in [0.3, 0.4) is 0 Å². The zero-order valence-corrected chi connectivity index (χ0v) is 16.0. The summed E-state index contributed by atoms with van der Waals surface area (Å²) in [5.74, 6) is -0.292. The molecule has 1 fully saturated rings. The second kappa shape index (κ2) is 5.95. The molecule has 4 heterocycles. The Morgan fingerprint density at radius 3 is 2.72 bits per heavy atom. The van der Waals surface area contributed by atoms with Gasteiger partial charge in [0.1, 0.15) is 17.5 Å². The fraction of sp³-hybridized carbons (Fsp3) is 0.333. The summed E-state index contributed by atoms with van der Waals surface area (Å²) in [7, 11) is 0. The molecule has 2 aromatic heterocycles.